The summed E-state index contributed by atoms with van der Waals surface area (Å²) in [6.07, 6.45) is 12.0. The standard InChI is InChI=1S/C21H39NO3/c1-4-7-12-16-22(17-13-8-5-2)20(23)19(21(24)25-6-3)18-14-10-9-11-15-18/h18-19H,4-17H2,1-3H3/t19-/m1/s1. The first kappa shape index (κ1) is 22.0. The number of amides is 1. The van der Waals surface area contributed by atoms with E-state index in [9.17, 15) is 9.59 Å². The summed E-state index contributed by atoms with van der Waals surface area (Å²) in [5.74, 6) is -0.684. The second-order valence-electron chi connectivity index (χ2n) is 7.37. The first-order chi connectivity index (χ1) is 12.2. The van der Waals surface area contributed by atoms with Crippen LogP contribution >= 0.6 is 0 Å². The summed E-state index contributed by atoms with van der Waals surface area (Å²) >= 11 is 0. The Morgan fingerprint density at radius 1 is 0.920 bits per heavy atom. The molecule has 0 radical (unpaired) electrons. The number of carbonyl (C=O) groups is 2. The molecular weight excluding hydrogens is 314 g/mol. The smallest absolute Gasteiger partial charge is 0.318 e. The molecule has 0 aromatic rings. The van der Waals surface area contributed by atoms with Gasteiger partial charge in [0.2, 0.25) is 5.91 Å². The van der Waals surface area contributed by atoms with E-state index in [1.165, 1.54) is 6.42 Å². The normalized spacial score (nSPS) is 16.4. The van der Waals surface area contributed by atoms with Crippen molar-refractivity contribution in [2.45, 2.75) is 91.4 Å². The fourth-order valence-electron chi connectivity index (χ4n) is 3.83. The highest BCUT2D eigenvalue weighted by molar-refractivity contribution is 5.98. The van der Waals surface area contributed by atoms with Gasteiger partial charge in [0.05, 0.1) is 6.61 Å². The fraction of sp³-hybridized carbons (Fsp3) is 0.905. The Kier molecular flexibility index (Phi) is 11.6. The number of esters is 1. The van der Waals surface area contributed by atoms with E-state index in [1.54, 1.807) is 0 Å². The summed E-state index contributed by atoms with van der Waals surface area (Å²) in [6.45, 7) is 8.07. The zero-order valence-electron chi connectivity index (χ0n) is 16.7. The van der Waals surface area contributed by atoms with Gasteiger partial charge >= 0.3 is 5.97 Å². The van der Waals surface area contributed by atoms with Crippen LogP contribution in [0.3, 0.4) is 0 Å². The van der Waals surface area contributed by atoms with Gasteiger partial charge in [-0.2, -0.15) is 0 Å². The number of rotatable bonds is 12. The van der Waals surface area contributed by atoms with Crippen molar-refractivity contribution in [1.29, 1.82) is 0 Å². The van der Waals surface area contributed by atoms with E-state index in [1.807, 2.05) is 11.8 Å². The molecule has 25 heavy (non-hydrogen) atoms. The molecule has 0 unspecified atom stereocenters. The van der Waals surface area contributed by atoms with Crippen LogP contribution in [-0.4, -0.2) is 36.5 Å². The van der Waals surface area contributed by atoms with Gasteiger partial charge in [0.25, 0.3) is 0 Å². The molecule has 0 saturated heterocycles. The topological polar surface area (TPSA) is 46.6 Å². The lowest BCUT2D eigenvalue weighted by molar-refractivity contribution is -0.159. The Hall–Kier alpha value is -1.06. The minimum absolute atomic E-state index is 0.0255. The van der Waals surface area contributed by atoms with Gasteiger partial charge in [0.1, 0.15) is 5.92 Å². The van der Waals surface area contributed by atoms with Crippen LogP contribution in [0, 0.1) is 11.8 Å². The van der Waals surface area contributed by atoms with Crippen molar-refractivity contribution >= 4 is 11.9 Å². The van der Waals surface area contributed by atoms with Crippen LogP contribution < -0.4 is 0 Å². The van der Waals surface area contributed by atoms with Gasteiger partial charge in [-0.1, -0.05) is 58.8 Å². The monoisotopic (exact) mass is 353 g/mol. The summed E-state index contributed by atoms with van der Waals surface area (Å²) in [5.41, 5.74) is 0. The van der Waals surface area contributed by atoms with E-state index in [-0.39, 0.29) is 17.8 Å². The van der Waals surface area contributed by atoms with Crippen LogP contribution in [-0.2, 0) is 14.3 Å². The number of hydrogen-bond donors (Lipinski definition) is 0. The van der Waals surface area contributed by atoms with Crippen molar-refractivity contribution in [3.05, 3.63) is 0 Å². The van der Waals surface area contributed by atoms with E-state index in [0.717, 1.165) is 77.3 Å². The zero-order chi connectivity index (χ0) is 18.5. The average molecular weight is 354 g/mol. The van der Waals surface area contributed by atoms with Gasteiger partial charge in [-0.25, -0.2) is 0 Å². The maximum Gasteiger partial charge on any atom is 0.318 e. The van der Waals surface area contributed by atoms with Crippen LogP contribution in [0.1, 0.15) is 91.4 Å². The van der Waals surface area contributed by atoms with Crippen molar-refractivity contribution in [3.8, 4) is 0 Å². The van der Waals surface area contributed by atoms with Crippen molar-refractivity contribution in [1.82, 2.24) is 4.90 Å². The van der Waals surface area contributed by atoms with E-state index in [4.69, 9.17) is 4.74 Å². The highest BCUT2D eigenvalue weighted by atomic mass is 16.5. The van der Waals surface area contributed by atoms with E-state index in [2.05, 4.69) is 13.8 Å². The number of ether oxygens (including phenoxy) is 1. The molecule has 1 aliphatic carbocycles. The predicted molar refractivity (Wildman–Crippen MR) is 102 cm³/mol. The third kappa shape index (κ3) is 7.79. The Morgan fingerprint density at radius 3 is 1.96 bits per heavy atom. The minimum atomic E-state index is -0.580. The van der Waals surface area contributed by atoms with E-state index in [0.29, 0.717) is 6.61 Å². The lowest BCUT2D eigenvalue weighted by Crippen LogP contribution is -2.45. The summed E-state index contributed by atoms with van der Waals surface area (Å²) in [7, 11) is 0. The van der Waals surface area contributed by atoms with Crippen LogP contribution in [0.15, 0.2) is 0 Å². The van der Waals surface area contributed by atoms with Crippen LogP contribution in [0.25, 0.3) is 0 Å². The zero-order valence-corrected chi connectivity index (χ0v) is 16.7. The fourth-order valence-corrected chi connectivity index (χ4v) is 3.83. The number of nitrogens with zero attached hydrogens (tertiary/aromatic N) is 1. The first-order valence-electron chi connectivity index (χ1n) is 10.6. The van der Waals surface area contributed by atoms with Gasteiger partial charge in [-0.3, -0.25) is 9.59 Å². The summed E-state index contributed by atoms with van der Waals surface area (Å²) in [6, 6.07) is 0. The van der Waals surface area contributed by atoms with Crippen LogP contribution in [0.5, 0.6) is 0 Å². The quantitative estimate of drug-likeness (QED) is 0.283. The Balaban J connectivity index is 2.83. The molecule has 0 N–H and O–H groups in total. The number of hydrogen-bond acceptors (Lipinski definition) is 3. The van der Waals surface area contributed by atoms with E-state index < -0.39 is 5.92 Å². The third-order valence-corrected chi connectivity index (χ3v) is 5.30. The lowest BCUT2D eigenvalue weighted by Gasteiger charge is -2.32. The van der Waals surface area contributed by atoms with E-state index >= 15 is 0 Å². The molecule has 0 aromatic heterocycles. The molecule has 146 valence electrons. The SMILES string of the molecule is CCCCCN(CCCCC)C(=O)[C@H](C(=O)OCC)C1CCCCC1. The second kappa shape index (κ2) is 13.2. The molecule has 1 amide bonds. The van der Waals surface area contributed by atoms with Gasteiger partial charge in [0, 0.05) is 13.1 Å². The first-order valence-corrected chi connectivity index (χ1v) is 10.6. The summed E-state index contributed by atoms with van der Waals surface area (Å²) in [4.78, 5) is 27.8. The summed E-state index contributed by atoms with van der Waals surface area (Å²) < 4.78 is 5.29. The lowest BCUT2D eigenvalue weighted by atomic mass is 9.79. The molecular formula is C21H39NO3. The van der Waals surface area contributed by atoms with Crippen molar-refractivity contribution in [2.24, 2.45) is 11.8 Å². The molecule has 4 heteroatoms. The Morgan fingerprint density at radius 2 is 1.48 bits per heavy atom. The Bertz CT molecular complexity index is 367. The highest BCUT2D eigenvalue weighted by Crippen LogP contribution is 2.32. The molecule has 1 fully saturated rings. The highest BCUT2D eigenvalue weighted by Gasteiger charge is 2.38. The average Bonchev–Trinajstić information content (AvgIpc) is 2.62. The molecule has 1 rings (SSSR count). The van der Waals surface area contributed by atoms with Gasteiger partial charge in [-0.15, -0.1) is 0 Å². The molecule has 0 heterocycles. The minimum Gasteiger partial charge on any atom is -0.465 e. The number of carbonyl (C=O) groups excluding carboxylic acids is 2. The largest absolute Gasteiger partial charge is 0.465 e. The van der Waals surface area contributed by atoms with Gasteiger partial charge < -0.3 is 9.64 Å². The molecule has 1 aliphatic rings. The van der Waals surface area contributed by atoms with Gasteiger partial charge in [0.15, 0.2) is 0 Å². The molecule has 4 nitrogen and oxygen atoms in total. The van der Waals surface area contributed by atoms with Crippen molar-refractivity contribution in [3.63, 3.8) is 0 Å². The van der Waals surface area contributed by atoms with Crippen molar-refractivity contribution in [2.75, 3.05) is 19.7 Å². The van der Waals surface area contributed by atoms with Crippen LogP contribution in [0.4, 0.5) is 0 Å². The maximum atomic E-state index is 13.3. The predicted octanol–water partition coefficient (Wildman–Crippen LogP) is 4.96. The Labute approximate surface area is 154 Å². The summed E-state index contributed by atoms with van der Waals surface area (Å²) in [5, 5.41) is 0. The molecule has 0 spiro atoms. The molecule has 1 atom stereocenters. The second-order valence-corrected chi connectivity index (χ2v) is 7.37. The van der Waals surface area contributed by atoms with Gasteiger partial charge in [-0.05, 0) is 38.5 Å². The molecule has 0 aliphatic heterocycles. The molecule has 1 saturated carbocycles. The van der Waals surface area contributed by atoms with Crippen molar-refractivity contribution < 1.29 is 14.3 Å². The number of unbranched alkanes of at least 4 members (excludes halogenated alkanes) is 4. The van der Waals surface area contributed by atoms with Crippen LogP contribution in [0.2, 0.25) is 0 Å². The third-order valence-electron chi connectivity index (χ3n) is 5.30. The molecule has 0 aromatic carbocycles. The molecule has 0 bridgehead atoms. The maximum absolute atomic E-state index is 13.3.